The number of rotatable bonds is 1. The predicted molar refractivity (Wildman–Crippen MR) is 59.0 cm³/mol. The van der Waals surface area contributed by atoms with Gasteiger partial charge in [-0.05, 0) is 18.2 Å². The Morgan fingerprint density at radius 3 is 2.62 bits per heavy atom. The van der Waals surface area contributed by atoms with E-state index in [1.165, 1.54) is 6.20 Å². The van der Waals surface area contributed by atoms with E-state index in [0.29, 0.717) is 10.9 Å². The van der Waals surface area contributed by atoms with Crippen LogP contribution in [0.15, 0.2) is 28.9 Å². The number of nitrogens with one attached hydrogen (secondary N) is 1. The summed E-state index contributed by atoms with van der Waals surface area (Å²) in [6, 6.07) is 3.11. The number of hydrogen-bond donors (Lipinski definition) is 2. The average molecular weight is 293 g/mol. The zero-order chi connectivity index (χ0) is 11.9. The summed E-state index contributed by atoms with van der Waals surface area (Å²) in [4.78, 5) is 2.77. The van der Waals surface area contributed by atoms with Gasteiger partial charge >= 0.3 is 6.18 Å². The van der Waals surface area contributed by atoms with Crippen molar-refractivity contribution in [3.05, 3.63) is 34.4 Å². The quantitative estimate of drug-likeness (QED) is 0.830. The zero-order valence-corrected chi connectivity index (χ0v) is 9.56. The Labute approximate surface area is 97.8 Å². The third kappa shape index (κ3) is 1.94. The van der Waals surface area contributed by atoms with Crippen molar-refractivity contribution in [2.75, 3.05) is 0 Å². The fourth-order valence-electron chi connectivity index (χ4n) is 1.55. The minimum absolute atomic E-state index is 0.0591. The van der Waals surface area contributed by atoms with Gasteiger partial charge in [0.15, 0.2) is 0 Å². The summed E-state index contributed by atoms with van der Waals surface area (Å²) in [6.07, 6.45) is -3.13. The number of H-pyrrole nitrogens is 1. The van der Waals surface area contributed by atoms with Gasteiger partial charge in [0.1, 0.15) is 6.04 Å². The van der Waals surface area contributed by atoms with Crippen LogP contribution in [0.4, 0.5) is 13.2 Å². The molecular weight excluding hydrogens is 285 g/mol. The Morgan fingerprint density at radius 1 is 1.31 bits per heavy atom. The zero-order valence-electron chi connectivity index (χ0n) is 7.98. The van der Waals surface area contributed by atoms with Crippen LogP contribution in [0, 0.1) is 0 Å². The highest BCUT2D eigenvalue weighted by Crippen LogP contribution is 2.35. The first kappa shape index (κ1) is 11.5. The van der Waals surface area contributed by atoms with Crippen LogP contribution < -0.4 is 5.73 Å². The van der Waals surface area contributed by atoms with E-state index < -0.39 is 12.2 Å². The average Bonchev–Trinajstić information content (AvgIpc) is 2.57. The molecule has 6 heteroatoms. The van der Waals surface area contributed by atoms with Gasteiger partial charge < -0.3 is 10.7 Å². The van der Waals surface area contributed by atoms with Gasteiger partial charge in [-0.2, -0.15) is 13.2 Å². The van der Waals surface area contributed by atoms with Crippen molar-refractivity contribution in [1.82, 2.24) is 4.98 Å². The second-order valence-corrected chi connectivity index (χ2v) is 4.37. The molecule has 0 bridgehead atoms. The lowest BCUT2D eigenvalue weighted by Gasteiger charge is -2.14. The van der Waals surface area contributed by atoms with Gasteiger partial charge in [0.05, 0.1) is 0 Å². The van der Waals surface area contributed by atoms with E-state index >= 15 is 0 Å². The highest BCUT2D eigenvalue weighted by atomic mass is 79.9. The molecule has 3 N–H and O–H groups in total. The van der Waals surface area contributed by atoms with Crippen molar-refractivity contribution in [2.24, 2.45) is 5.73 Å². The molecule has 2 nitrogen and oxygen atoms in total. The van der Waals surface area contributed by atoms with Gasteiger partial charge in [0.25, 0.3) is 0 Å². The molecule has 0 aliphatic carbocycles. The maximum atomic E-state index is 12.5. The number of benzene rings is 1. The smallest absolute Gasteiger partial charge is 0.361 e. The molecular formula is C10H8BrF3N2. The molecule has 16 heavy (non-hydrogen) atoms. The second kappa shape index (κ2) is 3.78. The molecule has 0 spiro atoms. The fourth-order valence-corrected chi connectivity index (χ4v) is 1.91. The van der Waals surface area contributed by atoms with Crippen molar-refractivity contribution in [3.63, 3.8) is 0 Å². The molecule has 86 valence electrons. The number of nitrogens with two attached hydrogens (primary N) is 1. The standard InChI is InChI=1S/C10H8BrF3N2/c11-5-1-2-8-6(3-5)7(4-16-8)9(15)10(12,13)14/h1-4,9,16H,15H2. The van der Waals surface area contributed by atoms with Crippen molar-refractivity contribution < 1.29 is 13.2 Å². The number of fused-ring (bicyclic) bond motifs is 1. The minimum atomic E-state index is -4.43. The Morgan fingerprint density at radius 2 is 2.00 bits per heavy atom. The van der Waals surface area contributed by atoms with Crippen molar-refractivity contribution >= 4 is 26.8 Å². The highest BCUT2D eigenvalue weighted by molar-refractivity contribution is 9.10. The van der Waals surface area contributed by atoms with Crippen LogP contribution in [-0.2, 0) is 0 Å². The first-order valence-electron chi connectivity index (χ1n) is 4.48. The van der Waals surface area contributed by atoms with E-state index in [-0.39, 0.29) is 5.56 Å². The van der Waals surface area contributed by atoms with Gasteiger partial charge in [-0.25, -0.2) is 0 Å². The predicted octanol–water partition coefficient (Wildman–Crippen LogP) is 3.49. The van der Waals surface area contributed by atoms with Gasteiger partial charge in [-0.1, -0.05) is 15.9 Å². The van der Waals surface area contributed by atoms with Crippen molar-refractivity contribution in [2.45, 2.75) is 12.2 Å². The van der Waals surface area contributed by atoms with E-state index in [1.807, 2.05) is 0 Å². The Bertz CT molecular complexity index is 518. The van der Waals surface area contributed by atoms with Gasteiger partial charge in [-0.15, -0.1) is 0 Å². The molecule has 2 rings (SSSR count). The summed E-state index contributed by atoms with van der Waals surface area (Å²) in [5.41, 5.74) is 5.87. The topological polar surface area (TPSA) is 41.8 Å². The molecule has 2 aromatic rings. The summed E-state index contributed by atoms with van der Waals surface area (Å²) in [7, 11) is 0. The van der Waals surface area contributed by atoms with E-state index in [4.69, 9.17) is 5.73 Å². The van der Waals surface area contributed by atoms with Crippen LogP contribution in [0.1, 0.15) is 11.6 Å². The monoisotopic (exact) mass is 292 g/mol. The second-order valence-electron chi connectivity index (χ2n) is 3.45. The van der Waals surface area contributed by atoms with Crippen LogP contribution >= 0.6 is 15.9 Å². The van der Waals surface area contributed by atoms with Crippen LogP contribution in [0.25, 0.3) is 10.9 Å². The van der Waals surface area contributed by atoms with Gasteiger partial charge in [-0.3, -0.25) is 0 Å². The lowest BCUT2D eigenvalue weighted by molar-refractivity contribution is -0.148. The number of aromatic nitrogens is 1. The van der Waals surface area contributed by atoms with E-state index in [1.54, 1.807) is 18.2 Å². The molecule has 0 saturated carbocycles. The number of halogens is 4. The Balaban J connectivity index is 2.57. The summed E-state index contributed by atoms with van der Waals surface area (Å²) in [6.45, 7) is 0. The fraction of sp³-hybridized carbons (Fsp3) is 0.200. The summed E-state index contributed by atoms with van der Waals surface area (Å²) in [5, 5.41) is 0.485. The van der Waals surface area contributed by atoms with Crippen molar-refractivity contribution in [3.8, 4) is 0 Å². The molecule has 0 fully saturated rings. The van der Waals surface area contributed by atoms with E-state index in [0.717, 1.165) is 4.47 Å². The normalized spacial score (nSPS) is 14.3. The largest absolute Gasteiger partial charge is 0.407 e. The SMILES string of the molecule is NC(c1c[nH]c2ccc(Br)cc12)C(F)(F)F. The highest BCUT2D eigenvalue weighted by Gasteiger charge is 2.39. The molecule has 1 heterocycles. The maximum absolute atomic E-state index is 12.5. The molecule has 1 aromatic carbocycles. The molecule has 0 aliphatic rings. The molecule has 1 unspecified atom stereocenters. The van der Waals surface area contributed by atoms with Crippen LogP contribution in [0.2, 0.25) is 0 Å². The van der Waals surface area contributed by atoms with Gasteiger partial charge in [0, 0.05) is 27.1 Å². The lowest BCUT2D eigenvalue weighted by Crippen LogP contribution is -2.28. The first-order valence-corrected chi connectivity index (χ1v) is 5.27. The van der Waals surface area contributed by atoms with Gasteiger partial charge in [0.2, 0.25) is 0 Å². The van der Waals surface area contributed by atoms with Crippen LogP contribution in [0.5, 0.6) is 0 Å². The molecule has 0 aliphatic heterocycles. The lowest BCUT2D eigenvalue weighted by atomic mass is 10.1. The number of alkyl halides is 3. The van der Waals surface area contributed by atoms with Crippen molar-refractivity contribution in [1.29, 1.82) is 0 Å². The number of aromatic amines is 1. The molecule has 1 aromatic heterocycles. The summed E-state index contributed by atoms with van der Waals surface area (Å²) >= 11 is 3.21. The summed E-state index contributed by atoms with van der Waals surface area (Å²) < 4.78 is 38.2. The maximum Gasteiger partial charge on any atom is 0.407 e. The third-order valence-corrected chi connectivity index (χ3v) is 2.86. The third-order valence-electron chi connectivity index (χ3n) is 2.36. The Kier molecular flexibility index (Phi) is 2.71. The van der Waals surface area contributed by atoms with E-state index in [9.17, 15) is 13.2 Å². The Hall–Kier alpha value is -1.01. The van der Waals surface area contributed by atoms with Crippen LogP contribution in [0.3, 0.4) is 0 Å². The van der Waals surface area contributed by atoms with E-state index in [2.05, 4.69) is 20.9 Å². The summed E-state index contributed by atoms with van der Waals surface area (Å²) in [5.74, 6) is 0. The first-order chi connectivity index (χ1) is 7.39. The molecule has 1 atom stereocenters. The minimum Gasteiger partial charge on any atom is -0.361 e. The number of hydrogen-bond acceptors (Lipinski definition) is 1. The molecule has 0 saturated heterocycles. The van der Waals surface area contributed by atoms with Crippen LogP contribution in [-0.4, -0.2) is 11.2 Å². The molecule has 0 radical (unpaired) electrons. The molecule has 0 amide bonds.